The number of unbranched alkanes of at least 4 members (excludes halogenated alkanes) is 3. The summed E-state index contributed by atoms with van der Waals surface area (Å²) in [7, 11) is -3.23. The molecule has 0 aliphatic carbocycles. The zero-order valence-electron chi connectivity index (χ0n) is 16.2. The fourth-order valence-electron chi connectivity index (χ4n) is 3.75. The van der Waals surface area contributed by atoms with Crippen LogP contribution >= 0.6 is 7.60 Å². The minimum Gasteiger partial charge on any atom is -0.306 e. The summed E-state index contributed by atoms with van der Waals surface area (Å²) in [6, 6.07) is 10.3. The van der Waals surface area contributed by atoms with Gasteiger partial charge in [0.2, 0.25) is 0 Å². The van der Waals surface area contributed by atoms with E-state index in [1.807, 2.05) is 25.1 Å². The lowest BCUT2D eigenvalue weighted by atomic mass is 9.83. The smallest absolute Gasteiger partial charge is 0.306 e. The fraction of sp³-hybridized carbons (Fsp3) is 0.619. The predicted molar refractivity (Wildman–Crippen MR) is 106 cm³/mol. The lowest BCUT2D eigenvalue weighted by molar-refractivity contribution is 0.103. The molecule has 1 aliphatic heterocycles. The molecule has 1 unspecified atom stereocenters. The molecule has 3 nitrogen and oxygen atoms in total. The van der Waals surface area contributed by atoms with Crippen LogP contribution in [0.2, 0.25) is 0 Å². The Morgan fingerprint density at radius 1 is 1.00 bits per heavy atom. The highest BCUT2D eigenvalue weighted by Crippen LogP contribution is 2.70. The van der Waals surface area contributed by atoms with Gasteiger partial charge in [-0.2, -0.15) is 0 Å². The van der Waals surface area contributed by atoms with Crippen LogP contribution in [0.15, 0.2) is 35.6 Å². The summed E-state index contributed by atoms with van der Waals surface area (Å²) in [6.45, 7) is 8.72. The largest absolute Gasteiger partial charge is 0.358 e. The highest BCUT2D eigenvalue weighted by Gasteiger charge is 2.52. The zero-order chi connectivity index (χ0) is 18.3. The van der Waals surface area contributed by atoms with Crippen molar-refractivity contribution in [1.82, 2.24) is 0 Å². The second kappa shape index (κ2) is 9.16. The summed E-state index contributed by atoms with van der Waals surface area (Å²) in [6.07, 6.45) is 6.97. The Bertz CT molecular complexity index is 617. The molecule has 0 saturated heterocycles. The van der Waals surface area contributed by atoms with Crippen LogP contribution in [0.1, 0.15) is 78.2 Å². The van der Waals surface area contributed by atoms with E-state index < -0.39 is 13.2 Å². The van der Waals surface area contributed by atoms with Gasteiger partial charge in [-0.3, -0.25) is 9.09 Å². The Morgan fingerprint density at radius 2 is 1.68 bits per heavy atom. The molecular weight excluding hydrogens is 331 g/mol. The Hall–Kier alpha value is -0.890. The molecule has 4 heteroatoms. The van der Waals surface area contributed by atoms with Gasteiger partial charge in [0.15, 0.2) is 0 Å². The van der Waals surface area contributed by atoms with E-state index in [0.717, 1.165) is 48.6 Å². The highest BCUT2D eigenvalue weighted by molar-refractivity contribution is 7.59. The topological polar surface area (TPSA) is 35.5 Å². The molecule has 1 atom stereocenters. The van der Waals surface area contributed by atoms with E-state index in [1.165, 1.54) is 12.8 Å². The van der Waals surface area contributed by atoms with Crippen molar-refractivity contribution in [3.63, 3.8) is 0 Å². The van der Waals surface area contributed by atoms with Crippen LogP contribution in [0.4, 0.5) is 0 Å². The van der Waals surface area contributed by atoms with E-state index in [-0.39, 0.29) is 0 Å². The van der Waals surface area contributed by atoms with E-state index in [1.54, 1.807) is 0 Å². The van der Waals surface area contributed by atoms with Crippen LogP contribution in [-0.2, 0) is 13.6 Å². The maximum atomic E-state index is 13.6. The second-order valence-corrected chi connectivity index (χ2v) is 8.68. The van der Waals surface area contributed by atoms with Crippen molar-refractivity contribution in [2.45, 2.75) is 78.2 Å². The summed E-state index contributed by atoms with van der Waals surface area (Å²) >= 11 is 0. The first-order valence-electron chi connectivity index (χ1n) is 9.81. The Kier molecular flexibility index (Phi) is 7.49. The molecule has 140 valence electrons. The molecule has 0 N–H and O–H groups in total. The Balaban J connectivity index is 2.53. The van der Waals surface area contributed by atoms with Crippen molar-refractivity contribution >= 4 is 13.2 Å². The van der Waals surface area contributed by atoms with Crippen molar-refractivity contribution in [2.24, 2.45) is 0 Å². The summed E-state index contributed by atoms with van der Waals surface area (Å²) < 4.78 is 25.6. The quantitative estimate of drug-likeness (QED) is 0.325. The zero-order valence-corrected chi connectivity index (χ0v) is 17.1. The first kappa shape index (κ1) is 20.4. The lowest BCUT2D eigenvalue weighted by Crippen LogP contribution is -2.28. The van der Waals surface area contributed by atoms with Crippen LogP contribution in [-0.4, -0.2) is 12.2 Å². The molecule has 1 aromatic rings. The minimum absolute atomic E-state index is 0.404. The number of allylic oxidation sites excluding steroid dienone is 1. The van der Waals surface area contributed by atoms with E-state index in [9.17, 15) is 4.57 Å². The number of benzene rings is 1. The first-order valence-corrected chi connectivity index (χ1v) is 11.4. The SMILES string of the molecule is CCCCCCC1=C(c2ccccc2)C(CC)(CC)OP1(=O)OCC. The van der Waals surface area contributed by atoms with Crippen LogP contribution in [0, 0.1) is 0 Å². The average molecular weight is 364 g/mol. The highest BCUT2D eigenvalue weighted by atomic mass is 31.2. The number of rotatable bonds is 10. The molecule has 0 saturated carbocycles. The molecule has 1 aliphatic rings. The van der Waals surface area contributed by atoms with Gasteiger partial charge in [0.05, 0.1) is 6.61 Å². The third-order valence-corrected chi connectivity index (χ3v) is 7.44. The van der Waals surface area contributed by atoms with Crippen LogP contribution in [0.25, 0.3) is 5.57 Å². The van der Waals surface area contributed by atoms with Gasteiger partial charge in [0.1, 0.15) is 5.60 Å². The fourth-order valence-corrected chi connectivity index (χ4v) is 6.26. The molecule has 0 radical (unpaired) electrons. The van der Waals surface area contributed by atoms with E-state index in [4.69, 9.17) is 9.05 Å². The summed E-state index contributed by atoms with van der Waals surface area (Å²) in [5.41, 5.74) is 1.73. The molecule has 25 heavy (non-hydrogen) atoms. The van der Waals surface area contributed by atoms with Gasteiger partial charge in [0, 0.05) is 10.9 Å². The molecule has 0 fully saturated rings. The molecule has 0 bridgehead atoms. The molecule has 0 spiro atoms. The predicted octanol–water partition coefficient (Wildman–Crippen LogP) is 7.19. The molecule has 1 heterocycles. The lowest BCUT2D eigenvalue weighted by Gasteiger charge is -2.30. The maximum Gasteiger partial charge on any atom is 0.358 e. The van der Waals surface area contributed by atoms with E-state index in [2.05, 4.69) is 32.9 Å². The van der Waals surface area contributed by atoms with Gasteiger partial charge in [-0.15, -0.1) is 0 Å². The third kappa shape index (κ3) is 4.27. The van der Waals surface area contributed by atoms with Crippen molar-refractivity contribution in [2.75, 3.05) is 6.61 Å². The van der Waals surface area contributed by atoms with E-state index >= 15 is 0 Å². The van der Waals surface area contributed by atoms with E-state index in [0.29, 0.717) is 6.61 Å². The second-order valence-electron chi connectivity index (χ2n) is 6.71. The molecule has 1 aromatic carbocycles. The standard InChI is InChI=1S/C21H33O3P/c1-5-9-10-14-17-19-20(18-15-12-11-13-16-18)21(6-2,7-3)24-25(19,22)23-8-4/h11-13,15-16H,5-10,14,17H2,1-4H3. The monoisotopic (exact) mass is 364 g/mol. The molecular formula is C21H33O3P. The third-order valence-electron chi connectivity index (χ3n) is 5.14. The van der Waals surface area contributed by atoms with Crippen molar-refractivity contribution < 1.29 is 13.6 Å². The Morgan fingerprint density at radius 3 is 2.24 bits per heavy atom. The number of hydrogen-bond acceptors (Lipinski definition) is 3. The number of hydrogen-bond donors (Lipinski definition) is 0. The Labute approximate surface area is 153 Å². The summed E-state index contributed by atoms with van der Waals surface area (Å²) in [5, 5.41) is 0.917. The van der Waals surface area contributed by atoms with Gasteiger partial charge in [-0.25, -0.2) is 0 Å². The average Bonchev–Trinajstić information content (AvgIpc) is 2.88. The van der Waals surface area contributed by atoms with Crippen molar-refractivity contribution in [3.8, 4) is 0 Å². The van der Waals surface area contributed by atoms with Crippen molar-refractivity contribution in [1.29, 1.82) is 0 Å². The normalized spacial score (nSPS) is 22.6. The minimum atomic E-state index is -3.23. The summed E-state index contributed by atoms with van der Waals surface area (Å²) in [4.78, 5) is 0. The summed E-state index contributed by atoms with van der Waals surface area (Å²) in [5.74, 6) is 0. The van der Waals surface area contributed by atoms with Gasteiger partial charge in [-0.1, -0.05) is 70.4 Å². The van der Waals surface area contributed by atoms with Crippen LogP contribution < -0.4 is 0 Å². The van der Waals surface area contributed by atoms with Gasteiger partial charge in [-0.05, 0) is 38.2 Å². The van der Waals surface area contributed by atoms with Crippen LogP contribution in [0.5, 0.6) is 0 Å². The van der Waals surface area contributed by atoms with Crippen LogP contribution in [0.3, 0.4) is 0 Å². The molecule has 0 aromatic heterocycles. The first-order chi connectivity index (χ1) is 12.1. The van der Waals surface area contributed by atoms with Crippen molar-refractivity contribution in [3.05, 3.63) is 41.2 Å². The van der Waals surface area contributed by atoms with Gasteiger partial charge in [0.25, 0.3) is 0 Å². The van der Waals surface area contributed by atoms with Gasteiger partial charge < -0.3 is 4.52 Å². The molecule has 2 rings (SSSR count). The maximum absolute atomic E-state index is 13.6. The molecule has 0 amide bonds. The van der Waals surface area contributed by atoms with Gasteiger partial charge >= 0.3 is 7.60 Å².